The molecule has 1 saturated carbocycles. The highest BCUT2D eigenvalue weighted by Crippen LogP contribution is 2.39. The molecule has 8 heteroatoms. The maximum atomic E-state index is 11.1. The van der Waals surface area contributed by atoms with E-state index >= 15 is 0 Å². The zero-order chi connectivity index (χ0) is 23.7. The first-order chi connectivity index (χ1) is 16.4. The summed E-state index contributed by atoms with van der Waals surface area (Å²) in [4.78, 5) is 13.7. The minimum absolute atomic E-state index is 0.101. The number of hydrogen-bond acceptors (Lipinski definition) is 7. The summed E-state index contributed by atoms with van der Waals surface area (Å²) < 4.78 is 9.93. The Morgan fingerprint density at radius 1 is 1.03 bits per heavy atom. The van der Waals surface area contributed by atoms with Gasteiger partial charge in [-0.05, 0) is 72.2 Å². The van der Waals surface area contributed by atoms with E-state index in [4.69, 9.17) is 20.6 Å². The maximum Gasteiger partial charge on any atom is 0.226 e. The van der Waals surface area contributed by atoms with Crippen molar-refractivity contribution in [3.05, 3.63) is 71.6 Å². The van der Waals surface area contributed by atoms with Crippen LogP contribution in [0.3, 0.4) is 0 Å². The largest absolute Gasteiger partial charge is 0.398 e. The number of carbonyl (C=O) groups excluding carboxylic acids is 1. The number of allylic oxidation sites excluding steroid dienone is 2. The number of nitrogens with one attached hydrogen (secondary N) is 2. The minimum Gasteiger partial charge on any atom is -0.398 e. The van der Waals surface area contributed by atoms with Gasteiger partial charge in [0, 0.05) is 44.0 Å². The number of nitrogens with zero attached hydrogens (tertiary/aromatic N) is 1. The Morgan fingerprint density at radius 3 is 2.35 bits per heavy atom. The molecule has 5 rings (SSSR count). The molecule has 2 fully saturated rings. The van der Waals surface area contributed by atoms with Crippen LogP contribution in [0.2, 0.25) is 0 Å². The molecule has 2 heterocycles. The smallest absolute Gasteiger partial charge is 0.226 e. The van der Waals surface area contributed by atoms with Gasteiger partial charge in [0.05, 0.1) is 5.82 Å². The van der Waals surface area contributed by atoms with Crippen LogP contribution in [0.5, 0.6) is 0 Å². The van der Waals surface area contributed by atoms with Crippen LogP contribution >= 0.6 is 0 Å². The molecule has 0 spiro atoms. The van der Waals surface area contributed by atoms with Gasteiger partial charge in [0.2, 0.25) is 17.1 Å². The first kappa shape index (κ1) is 22.2. The first-order valence-electron chi connectivity index (χ1n) is 11.7. The second-order valence-corrected chi connectivity index (χ2v) is 9.48. The van der Waals surface area contributed by atoms with Gasteiger partial charge in [0.15, 0.2) is 0 Å². The highest BCUT2D eigenvalue weighted by molar-refractivity contribution is 5.88. The summed E-state index contributed by atoms with van der Waals surface area (Å²) in [5.74, 6) is 1.92. The molecule has 1 amide bonds. The summed E-state index contributed by atoms with van der Waals surface area (Å²) in [5.41, 5.74) is 17.6. The molecule has 2 unspecified atom stereocenters. The van der Waals surface area contributed by atoms with Crippen molar-refractivity contribution in [1.29, 1.82) is 0 Å². The average Bonchev–Trinajstić information content (AvgIpc) is 3.32. The van der Waals surface area contributed by atoms with E-state index in [1.165, 1.54) is 12.5 Å². The fraction of sp³-hybridized carbons (Fsp3) is 0.346. The summed E-state index contributed by atoms with van der Waals surface area (Å²) in [6, 6.07) is 14.0. The van der Waals surface area contributed by atoms with Gasteiger partial charge in [0.25, 0.3) is 0 Å². The number of likely N-dealkylation sites (tertiary alicyclic amines) is 1. The van der Waals surface area contributed by atoms with Crippen molar-refractivity contribution < 1.29 is 13.9 Å². The van der Waals surface area contributed by atoms with Crippen LogP contribution < -0.4 is 22.1 Å². The van der Waals surface area contributed by atoms with E-state index in [0.29, 0.717) is 29.4 Å². The second kappa shape index (κ2) is 9.30. The zero-order valence-electron chi connectivity index (χ0n) is 19.3. The topological polar surface area (TPSA) is 123 Å². The molecule has 3 atom stereocenters. The summed E-state index contributed by atoms with van der Waals surface area (Å²) in [5, 5.41) is 6.22. The third kappa shape index (κ3) is 4.97. The molecule has 178 valence electrons. The molecule has 34 heavy (non-hydrogen) atoms. The van der Waals surface area contributed by atoms with E-state index in [0.717, 1.165) is 54.9 Å². The lowest BCUT2D eigenvalue weighted by molar-refractivity contribution is -0.114. The Kier molecular flexibility index (Phi) is 6.06. The number of anilines is 1. The Labute approximate surface area is 198 Å². The lowest BCUT2D eigenvalue weighted by Gasteiger charge is -2.20. The quantitative estimate of drug-likeness (QED) is 0.313. The highest BCUT2D eigenvalue weighted by atomic mass is 17.0. The van der Waals surface area contributed by atoms with Crippen LogP contribution in [0, 0.1) is 11.8 Å². The van der Waals surface area contributed by atoms with Gasteiger partial charge >= 0.3 is 0 Å². The van der Waals surface area contributed by atoms with Crippen LogP contribution in [0.25, 0.3) is 16.9 Å². The highest BCUT2D eigenvalue weighted by Gasteiger charge is 2.40. The third-order valence-electron chi connectivity index (χ3n) is 6.81. The number of benzene rings is 2. The Balaban J connectivity index is 1.10. The van der Waals surface area contributed by atoms with Crippen LogP contribution in [0.15, 0.2) is 69.6 Å². The lowest BCUT2D eigenvalue weighted by Crippen LogP contribution is -2.32. The normalized spacial score (nSPS) is 23.4. The zero-order valence-corrected chi connectivity index (χ0v) is 19.3. The van der Waals surface area contributed by atoms with Gasteiger partial charge in [-0.15, -0.1) is 0 Å². The molecule has 2 aliphatic rings. The summed E-state index contributed by atoms with van der Waals surface area (Å²) >= 11 is 0. The number of nitrogens with two attached hydrogens (primary N) is 2. The van der Waals surface area contributed by atoms with Crippen molar-refractivity contribution in [1.82, 2.24) is 10.2 Å². The molecule has 1 aromatic heterocycles. The van der Waals surface area contributed by atoms with Gasteiger partial charge in [-0.2, -0.15) is 0 Å². The molecule has 1 aliphatic heterocycles. The fourth-order valence-electron chi connectivity index (χ4n) is 5.25. The van der Waals surface area contributed by atoms with Crippen molar-refractivity contribution >= 4 is 28.5 Å². The average molecular weight is 462 g/mol. The molecule has 8 nitrogen and oxygen atoms in total. The number of amides is 1. The van der Waals surface area contributed by atoms with Crippen LogP contribution in [0.1, 0.15) is 30.9 Å². The molecule has 2 aromatic carbocycles. The molecular weight excluding hydrogens is 430 g/mol. The van der Waals surface area contributed by atoms with Gasteiger partial charge in [-0.1, -0.05) is 18.2 Å². The fourth-order valence-corrected chi connectivity index (χ4v) is 5.25. The number of fused-ring (bicyclic) bond motifs is 2. The molecule has 0 radical (unpaired) electrons. The van der Waals surface area contributed by atoms with Crippen LogP contribution in [-0.2, 0) is 11.3 Å². The van der Waals surface area contributed by atoms with E-state index in [1.54, 1.807) is 0 Å². The number of hydrogen-bond donors (Lipinski definition) is 4. The number of carbonyl (C=O) groups is 1. The molecule has 3 aromatic rings. The lowest BCUT2D eigenvalue weighted by atomic mass is 10.0. The van der Waals surface area contributed by atoms with Crippen molar-refractivity contribution in [3.8, 4) is 0 Å². The standard InChI is InChI=1S/C26H31N5O3/c1-16(32)29-21-5-3-18(4-6-21)23(27)7-9-26(28)30-22-11-19-14-31(15-20(19)12-22)13-17-2-8-24-25(10-17)34-33-24/h2-10,19-20,22,30H,11-15,27-28H2,1H3,(H,29,32)/b23-7-,26-9+/t19-,20?,22?/m1/s1. The molecule has 6 N–H and O–H groups in total. The van der Waals surface area contributed by atoms with Crippen LogP contribution in [-0.4, -0.2) is 29.9 Å². The van der Waals surface area contributed by atoms with Gasteiger partial charge in [-0.25, -0.2) is 0 Å². The van der Waals surface area contributed by atoms with Crippen molar-refractivity contribution in [2.24, 2.45) is 23.3 Å². The van der Waals surface area contributed by atoms with E-state index in [1.807, 2.05) is 42.5 Å². The minimum atomic E-state index is -0.101. The first-order valence-corrected chi connectivity index (χ1v) is 11.7. The van der Waals surface area contributed by atoms with Crippen molar-refractivity contribution in [2.45, 2.75) is 32.4 Å². The second-order valence-electron chi connectivity index (χ2n) is 9.48. The van der Waals surface area contributed by atoms with Gasteiger partial charge in [-0.3, -0.25) is 18.8 Å². The van der Waals surface area contributed by atoms with E-state index in [2.05, 4.69) is 27.7 Å². The summed E-state index contributed by atoms with van der Waals surface area (Å²) in [6.45, 7) is 4.65. The molecule has 1 saturated heterocycles. The van der Waals surface area contributed by atoms with Gasteiger partial charge in [0.1, 0.15) is 0 Å². The Hall–Kier alpha value is -3.65. The third-order valence-corrected chi connectivity index (χ3v) is 6.81. The monoisotopic (exact) mass is 461 g/mol. The van der Waals surface area contributed by atoms with Gasteiger partial charge < -0.3 is 22.1 Å². The predicted octanol–water partition coefficient (Wildman–Crippen LogP) is 3.58. The van der Waals surface area contributed by atoms with E-state index < -0.39 is 0 Å². The van der Waals surface area contributed by atoms with Crippen molar-refractivity contribution in [2.75, 3.05) is 18.4 Å². The Bertz CT molecular complexity index is 1210. The molecule has 0 bridgehead atoms. The molecule has 1 aliphatic carbocycles. The predicted molar refractivity (Wildman–Crippen MR) is 132 cm³/mol. The summed E-state index contributed by atoms with van der Waals surface area (Å²) in [7, 11) is 0. The number of rotatable bonds is 7. The maximum absolute atomic E-state index is 11.1. The SMILES string of the molecule is CC(=O)Nc1ccc(/C(N)=C/C=C(\N)NC2CC3CN(Cc4ccc5ooc5c4)C[C@H]3C2)cc1. The summed E-state index contributed by atoms with van der Waals surface area (Å²) in [6.07, 6.45) is 5.90. The molecular formula is C26H31N5O3. The van der Waals surface area contributed by atoms with Crippen LogP contribution in [0.4, 0.5) is 5.69 Å². The van der Waals surface area contributed by atoms with E-state index in [9.17, 15) is 4.79 Å². The Morgan fingerprint density at radius 2 is 1.74 bits per heavy atom. The van der Waals surface area contributed by atoms with E-state index in [-0.39, 0.29) is 5.91 Å². The van der Waals surface area contributed by atoms with Crippen molar-refractivity contribution in [3.63, 3.8) is 0 Å².